The highest BCUT2D eigenvalue weighted by atomic mass is 16.5. The number of aromatic nitrogens is 2. The van der Waals surface area contributed by atoms with E-state index in [-0.39, 0.29) is 0 Å². The average Bonchev–Trinajstić information content (AvgIpc) is 2.86. The van der Waals surface area contributed by atoms with Gasteiger partial charge in [-0.25, -0.2) is 4.98 Å². The van der Waals surface area contributed by atoms with E-state index in [0.717, 1.165) is 39.1 Å². The van der Waals surface area contributed by atoms with Gasteiger partial charge in [0.05, 0.1) is 12.0 Å². The zero-order chi connectivity index (χ0) is 13.5. The molecule has 0 fully saturated rings. The molecule has 1 heterocycles. The van der Waals surface area contributed by atoms with Gasteiger partial charge in [-0.15, -0.1) is 0 Å². The Labute approximate surface area is 116 Å². The van der Waals surface area contributed by atoms with E-state index in [1.54, 1.807) is 0 Å². The first-order valence-electron chi connectivity index (χ1n) is 7.66. The van der Waals surface area contributed by atoms with E-state index >= 15 is 0 Å². The molecule has 0 spiro atoms. The zero-order valence-electron chi connectivity index (χ0n) is 12.3. The van der Waals surface area contributed by atoms with E-state index < -0.39 is 0 Å². The molecule has 108 valence electrons. The molecule has 0 saturated heterocycles. The quantitative estimate of drug-likeness (QED) is 0.733. The summed E-state index contributed by atoms with van der Waals surface area (Å²) in [5.41, 5.74) is 2.80. The van der Waals surface area contributed by atoms with E-state index in [9.17, 15) is 0 Å². The van der Waals surface area contributed by atoms with Crippen LogP contribution in [0.25, 0.3) is 0 Å². The molecule has 1 N–H and O–H groups in total. The normalized spacial score (nSPS) is 16.3. The molecule has 0 saturated carbocycles. The minimum atomic E-state index is 0.487. The van der Waals surface area contributed by atoms with Crippen molar-refractivity contribution >= 4 is 0 Å². The zero-order valence-corrected chi connectivity index (χ0v) is 12.3. The van der Waals surface area contributed by atoms with Gasteiger partial charge in [0.25, 0.3) is 0 Å². The summed E-state index contributed by atoms with van der Waals surface area (Å²) < 4.78 is 7.70. The molecule has 1 aliphatic carbocycles. The number of aryl methyl sites for hydroxylation is 1. The molecule has 19 heavy (non-hydrogen) atoms. The molecule has 4 heteroatoms. The molecule has 1 atom stereocenters. The van der Waals surface area contributed by atoms with Crippen molar-refractivity contribution in [2.75, 3.05) is 26.3 Å². The minimum Gasteiger partial charge on any atom is -0.382 e. The third kappa shape index (κ3) is 4.05. The Morgan fingerprint density at radius 3 is 3.11 bits per heavy atom. The fourth-order valence-electron chi connectivity index (χ4n) is 2.72. The van der Waals surface area contributed by atoms with Crippen LogP contribution in [0.3, 0.4) is 0 Å². The van der Waals surface area contributed by atoms with Crippen molar-refractivity contribution in [2.24, 2.45) is 0 Å². The van der Waals surface area contributed by atoms with Gasteiger partial charge in [0.1, 0.15) is 0 Å². The monoisotopic (exact) mass is 265 g/mol. The second-order valence-corrected chi connectivity index (χ2v) is 5.36. The average molecular weight is 265 g/mol. The van der Waals surface area contributed by atoms with Crippen LogP contribution in [-0.4, -0.2) is 35.9 Å². The van der Waals surface area contributed by atoms with Crippen LogP contribution in [0.2, 0.25) is 0 Å². The van der Waals surface area contributed by atoms with Gasteiger partial charge in [0, 0.05) is 31.5 Å². The molecule has 0 amide bonds. The van der Waals surface area contributed by atoms with Gasteiger partial charge < -0.3 is 14.6 Å². The topological polar surface area (TPSA) is 39.1 Å². The number of rotatable bonds is 8. The van der Waals surface area contributed by atoms with Crippen LogP contribution < -0.4 is 5.32 Å². The highest BCUT2D eigenvalue weighted by molar-refractivity contribution is 5.17. The van der Waals surface area contributed by atoms with Crippen LogP contribution in [0.1, 0.15) is 50.5 Å². The van der Waals surface area contributed by atoms with Gasteiger partial charge in [-0.1, -0.05) is 0 Å². The summed E-state index contributed by atoms with van der Waals surface area (Å²) in [6.45, 7) is 8.02. The number of nitrogens with zero attached hydrogens (tertiary/aromatic N) is 2. The van der Waals surface area contributed by atoms with Crippen LogP contribution in [0.15, 0.2) is 6.33 Å². The van der Waals surface area contributed by atoms with Gasteiger partial charge >= 0.3 is 0 Å². The summed E-state index contributed by atoms with van der Waals surface area (Å²) in [6.07, 6.45) is 8.09. The lowest BCUT2D eigenvalue weighted by Gasteiger charge is -2.20. The minimum absolute atomic E-state index is 0.487. The van der Waals surface area contributed by atoms with E-state index in [2.05, 4.69) is 21.8 Å². The van der Waals surface area contributed by atoms with Gasteiger partial charge in [-0.3, -0.25) is 0 Å². The molecule has 0 aliphatic heterocycles. The maximum atomic E-state index is 5.33. The first-order valence-corrected chi connectivity index (χ1v) is 7.66. The molecule has 1 aromatic rings. The highest BCUT2D eigenvalue weighted by Gasteiger charge is 2.17. The summed E-state index contributed by atoms with van der Waals surface area (Å²) in [4.78, 5) is 4.56. The molecule has 4 nitrogen and oxygen atoms in total. The van der Waals surface area contributed by atoms with Gasteiger partial charge in [-0.2, -0.15) is 0 Å². The SMILES string of the molecule is CCOCCCNCC(C)n1cnc2c1CCCC2. The van der Waals surface area contributed by atoms with Gasteiger partial charge in [-0.05, 0) is 52.5 Å². The van der Waals surface area contributed by atoms with Crippen LogP contribution in [0, 0.1) is 0 Å². The van der Waals surface area contributed by atoms with E-state index in [1.165, 1.54) is 30.7 Å². The van der Waals surface area contributed by atoms with Crippen molar-refractivity contribution in [3.8, 4) is 0 Å². The molecule has 2 rings (SSSR count). The van der Waals surface area contributed by atoms with E-state index in [1.807, 2.05) is 13.3 Å². The highest BCUT2D eigenvalue weighted by Crippen LogP contribution is 2.22. The standard InChI is InChI=1S/C15H27N3O/c1-3-19-10-6-9-16-11-13(2)18-12-17-14-7-4-5-8-15(14)18/h12-13,16H,3-11H2,1-2H3. The van der Waals surface area contributed by atoms with Crippen molar-refractivity contribution in [1.82, 2.24) is 14.9 Å². The second-order valence-electron chi connectivity index (χ2n) is 5.36. The third-order valence-electron chi connectivity index (χ3n) is 3.82. The first kappa shape index (κ1) is 14.5. The Morgan fingerprint density at radius 2 is 2.26 bits per heavy atom. The summed E-state index contributed by atoms with van der Waals surface area (Å²) in [5.74, 6) is 0. The molecular formula is C15H27N3O. The summed E-state index contributed by atoms with van der Waals surface area (Å²) in [6, 6.07) is 0.487. The lowest BCUT2D eigenvalue weighted by molar-refractivity contribution is 0.144. The molecule has 1 aliphatic rings. The molecule has 0 bridgehead atoms. The maximum absolute atomic E-state index is 5.33. The maximum Gasteiger partial charge on any atom is 0.0954 e. The van der Waals surface area contributed by atoms with E-state index in [0.29, 0.717) is 6.04 Å². The van der Waals surface area contributed by atoms with Gasteiger partial charge in [0.15, 0.2) is 0 Å². The summed E-state index contributed by atoms with van der Waals surface area (Å²) in [5, 5.41) is 3.51. The fraction of sp³-hybridized carbons (Fsp3) is 0.800. The summed E-state index contributed by atoms with van der Waals surface area (Å²) >= 11 is 0. The predicted molar refractivity (Wildman–Crippen MR) is 77.6 cm³/mol. The van der Waals surface area contributed by atoms with E-state index in [4.69, 9.17) is 4.74 Å². The van der Waals surface area contributed by atoms with Crippen molar-refractivity contribution in [3.05, 3.63) is 17.7 Å². The van der Waals surface area contributed by atoms with Crippen LogP contribution >= 0.6 is 0 Å². The third-order valence-corrected chi connectivity index (χ3v) is 3.82. The number of nitrogens with one attached hydrogen (secondary N) is 1. The van der Waals surface area contributed by atoms with Crippen molar-refractivity contribution in [3.63, 3.8) is 0 Å². The largest absolute Gasteiger partial charge is 0.382 e. The Kier molecular flexibility index (Phi) is 5.86. The number of imidazole rings is 1. The number of fused-ring (bicyclic) bond motifs is 1. The number of hydrogen-bond acceptors (Lipinski definition) is 3. The van der Waals surface area contributed by atoms with Crippen molar-refractivity contribution in [1.29, 1.82) is 0 Å². The van der Waals surface area contributed by atoms with Crippen LogP contribution in [0.4, 0.5) is 0 Å². The predicted octanol–water partition coefficient (Wildman–Crippen LogP) is 2.34. The Balaban J connectivity index is 1.74. The number of ether oxygens (including phenoxy) is 1. The smallest absolute Gasteiger partial charge is 0.0954 e. The summed E-state index contributed by atoms with van der Waals surface area (Å²) in [7, 11) is 0. The Morgan fingerprint density at radius 1 is 1.42 bits per heavy atom. The fourth-order valence-corrected chi connectivity index (χ4v) is 2.72. The van der Waals surface area contributed by atoms with Crippen molar-refractivity contribution < 1.29 is 4.74 Å². The first-order chi connectivity index (χ1) is 9.33. The second kappa shape index (κ2) is 7.65. The van der Waals surface area contributed by atoms with Crippen LogP contribution in [0.5, 0.6) is 0 Å². The molecular weight excluding hydrogens is 238 g/mol. The molecule has 0 aromatic carbocycles. The lowest BCUT2D eigenvalue weighted by Crippen LogP contribution is -2.26. The van der Waals surface area contributed by atoms with Crippen molar-refractivity contribution in [2.45, 2.75) is 52.0 Å². The Hall–Kier alpha value is -0.870. The van der Waals surface area contributed by atoms with Crippen LogP contribution in [-0.2, 0) is 17.6 Å². The Bertz CT molecular complexity index is 375. The lowest BCUT2D eigenvalue weighted by atomic mass is 10.0. The number of hydrogen-bond donors (Lipinski definition) is 1. The molecule has 1 aromatic heterocycles. The van der Waals surface area contributed by atoms with Gasteiger partial charge in [0.2, 0.25) is 0 Å². The molecule has 0 radical (unpaired) electrons. The molecule has 1 unspecified atom stereocenters.